The van der Waals surface area contributed by atoms with E-state index in [0.29, 0.717) is 5.69 Å². The van der Waals surface area contributed by atoms with Crippen molar-refractivity contribution < 1.29 is 27.5 Å². The summed E-state index contributed by atoms with van der Waals surface area (Å²) >= 11 is 6.19. The van der Waals surface area contributed by atoms with E-state index < -0.39 is 34.6 Å². The molecular weight excluding hydrogens is 443 g/mol. The average molecular weight is 458 g/mol. The van der Waals surface area contributed by atoms with E-state index in [1.165, 1.54) is 11.1 Å². The van der Waals surface area contributed by atoms with E-state index in [0.717, 1.165) is 12.1 Å². The number of carbonyl (C=O) groups is 2. The van der Waals surface area contributed by atoms with Gasteiger partial charge in [-0.25, -0.2) is 10.5 Å². The van der Waals surface area contributed by atoms with Crippen LogP contribution in [0.4, 0.5) is 18.9 Å². The number of benzene rings is 1. The number of nitrogens with zero attached hydrogens (tertiary/aromatic N) is 3. The molecule has 0 bridgehead atoms. The van der Waals surface area contributed by atoms with Crippen LogP contribution in [0.3, 0.4) is 0 Å². The van der Waals surface area contributed by atoms with Crippen molar-refractivity contribution in [3.63, 3.8) is 0 Å². The number of guanidine groups is 1. The van der Waals surface area contributed by atoms with Crippen molar-refractivity contribution in [3.05, 3.63) is 52.3 Å². The fourth-order valence-corrected chi connectivity index (χ4v) is 2.76. The van der Waals surface area contributed by atoms with Gasteiger partial charge >= 0.3 is 6.36 Å². The number of nitrogens with one attached hydrogen (secondary N) is 4. The van der Waals surface area contributed by atoms with Crippen LogP contribution < -0.4 is 26.4 Å². The Bertz CT molecular complexity index is 1060. The molecule has 2 amide bonds. The highest BCUT2D eigenvalue weighted by Gasteiger charge is 2.34. The Balaban J connectivity index is 1.96. The van der Waals surface area contributed by atoms with Crippen molar-refractivity contribution in [1.82, 2.24) is 26.4 Å². The van der Waals surface area contributed by atoms with Crippen molar-refractivity contribution in [3.8, 4) is 5.75 Å². The number of aryl methyl sites for hydroxylation is 1. The van der Waals surface area contributed by atoms with E-state index in [2.05, 4.69) is 36.5 Å². The highest BCUT2D eigenvalue weighted by molar-refractivity contribution is 6.37. The molecule has 3 rings (SSSR count). The molecular formula is C17H15ClF3N7O3. The number of ether oxygens (including phenoxy) is 1. The van der Waals surface area contributed by atoms with Crippen molar-refractivity contribution >= 4 is 35.1 Å². The molecule has 0 radical (unpaired) electrons. The summed E-state index contributed by atoms with van der Waals surface area (Å²) < 4.78 is 42.5. The van der Waals surface area contributed by atoms with Crippen LogP contribution in [0.5, 0.6) is 5.75 Å². The number of halogens is 4. The number of rotatable bonds is 4. The molecule has 0 atom stereocenters. The minimum absolute atomic E-state index is 0.0667. The summed E-state index contributed by atoms with van der Waals surface area (Å²) in [6.45, 7) is 1.64. The van der Waals surface area contributed by atoms with Crippen molar-refractivity contribution in [2.45, 2.75) is 13.3 Å². The van der Waals surface area contributed by atoms with Crippen LogP contribution in [0, 0.1) is 6.92 Å². The monoisotopic (exact) mass is 457 g/mol. The van der Waals surface area contributed by atoms with Crippen LogP contribution in [0.25, 0.3) is 0 Å². The number of aromatic nitrogens is 1. The van der Waals surface area contributed by atoms with Gasteiger partial charge < -0.3 is 10.1 Å². The van der Waals surface area contributed by atoms with E-state index >= 15 is 0 Å². The number of carbonyl (C=O) groups excluding carboxylic acids is 2. The average Bonchev–Trinajstić information content (AvgIpc) is 3.08. The summed E-state index contributed by atoms with van der Waals surface area (Å²) in [5.74, 6) is -2.35. The lowest BCUT2D eigenvalue weighted by Gasteiger charge is -2.18. The topological polar surface area (TPSA) is 120 Å². The second kappa shape index (κ2) is 8.65. The first kappa shape index (κ1) is 22.1. The van der Waals surface area contributed by atoms with Crippen LogP contribution in [0.2, 0.25) is 5.02 Å². The van der Waals surface area contributed by atoms with E-state index in [-0.39, 0.29) is 17.2 Å². The largest absolute Gasteiger partial charge is 0.573 e. The highest BCUT2D eigenvalue weighted by Crippen LogP contribution is 2.38. The summed E-state index contributed by atoms with van der Waals surface area (Å²) in [5.41, 5.74) is 4.63. The predicted octanol–water partition coefficient (Wildman–Crippen LogP) is 2.15. The molecule has 164 valence electrons. The number of hydrogen-bond donors (Lipinski definition) is 4. The molecule has 0 spiro atoms. The van der Waals surface area contributed by atoms with Crippen LogP contribution in [-0.2, 0) is 0 Å². The summed E-state index contributed by atoms with van der Waals surface area (Å²) in [6, 6.07) is 6.45. The van der Waals surface area contributed by atoms with Gasteiger partial charge in [-0.2, -0.15) is 0 Å². The molecule has 2 aromatic rings. The van der Waals surface area contributed by atoms with Crippen LogP contribution in [0.15, 0.2) is 35.4 Å². The molecule has 0 saturated heterocycles. The van der Waals surface area contributed by atoms with E-state index in [1.807, 2.05) is 0 Å². The molecule has 4 N–H and O–H groups in total. The number of hydrazone groups is 1. The lowest BCUT2D eigenvalue weighted by molar-refractivity contribution is -0.274. The smallest absolute Gasteiger partial charge is 0.404 e. The van der Waals surface area contributed by atoms with E-state index in [4.69, 9.17) is 11.6 Å². The normalized spacial score (nSPS) is 13.4. The third kappa shape index (κ3) is 5.32. The Kier molecular flexibility index (Phi) is 6.17. The van der Waals surface area contributed by atoms with Gasteiger partial charge in [-0.3, -0.25) is 19.9 Å². The molecule has 0 fully saturated rings. The third-order valence-corrected chi connectivity index (χ3v) is 4.25. The molecule has 0 aliphatic carbocycles. The van der Waals surface area contributed by atoms with Crippen molar-refractivity contribution in [1.29, 1.82) is 0 Å². The van der Waals surface area contributed by atoms with Gasteiger partial charge in [-0.15, -0.1) is 23.8 Å². The van der Waals surface area contributed by atoms with Crippen LogP contribution >= 0.6 is 11.6 Å². The summed E-state index contributed by atoms with van der Waals surface area (Å²) in [4.78, 5) is 29.1. The fourth-order valence-electron chi connectivity index (χ4n) is 2.47. The van der Waals surface area contributed by atoms with Crippen molar-refractivity contribution in [2.24, 2.45) is 5.10 Å². The molecule has 10 nitrogen and oxygen atoms in total. The number of amides is 2. The second-order valence-electron chi connectivity index (χ2n) is 6.14. The quantitative estimate of drug-likeness (QED) is 0.555. The number of anilines is 1. The summed E-state index contributed by atoms with van der Waals surface area (Å²) in [7, 11) is 1.54. The zero-order valence-corrected chi connectivity index (χ0v) is 16.7. The van der Waals surface area contributed by atoms with Gasteiger partial charge in [0.1, 0.15) is 11.4 Å². The van der Waals surface area contributed by atoms with E-state index in [9.17, 15) is 22.8 Å². The third-order valence-electron chi connectivity index (χ3n) is 3.86. The zero-order chi connectivity index (χ0) is 22.8. The van der Waals surface area contributed by atoms with Gasteiger partial charge in [0.25, 0.3) is 11.8 Å². The maximum atomic E-state index is 12.8. The van der Waals surface area contributed by atoms with Crippen LogP contribution in [0.1, 0.15) is 26.5 Å². The standard InChI is InChI=1S/C17H15ClF3N7O3/c1-8-4-3-5-10(22-8)15(30)23-13-11(31-17(19,20)21)7-6-9(12(13)18)14(29)24-16-25-26-27-28(16)2/h3-7,26-27H,1-2H3,(H,23,30)(H,24,25,29). The summed E-state index contributed by atoms with van der Waals surface area (Å²) in [5, 5.41) is 9.27. The molecule has 1 aromatic carbocycles. The fraction of sp³-hybridized carbons (Fsp3) is 0.176. The maximum Gasteiger partial charge on any atom is 0.573 e. The van der Waals surface area contributed by atoms with Gasteiger partial charge in [0.2, 0.25) is 5.96 Å². The maximum absolute atomic E-state index is 12.8. The number of hydrogen-bond acceptors (Lipinski definition) is 8. The Labute approximate surface area is 178 Å². The van der Waals surface area contributed by atoms with E-state index in [1.54, 1.807) is 26.1 Å². The predicted molar refractivity (Wildman–Crippen MR) is 104 cm³/mol. The first-order valence-electron chi connectivity index (χ1n) is 8.52. The summed E-state index contributed by atoms with van der Waals surface area (Å²) in [6.07, 6.45) is -5.06. The lowest BCUT2D eigenvalue weighted by Crippen LogP contribution is -2.45. The number of hydrazine groups is 2. The minimum atomic E-state index is -5.06. The number of pyridine rings is 1. The highest BCUT2D eigenvalue weighted by atomic mass is 35.5. The van der Waals surface area contributed by atoms with Gasteiger partial charge in [-0.1, -0.05) is 17.7 Å². The zero-order valence-electron chi connectivity index (χ0n) is 16.0. The molecule has 2 heterocycles. The Morgan fingerprint density at radius 3 is 2.52 bits per heavy atom. The molecule has 0 saturated carbocycles. The lowest BCUT2D eigenvalue weighted by atomic mass is 10.1. The van der Waals surface area contributed by atoms with Gasteiger partial charge in [0.05, 0.1) is 10.6 Å². The van der Waals surface area contributed by atoms with Gasteiger partial charge in [-0.05, 0) is 31.2 Å². The minimum Gasteiger partial charge on any atom is -0.404 e. The second-order valence-corrected chi connectivity index (χ2v) is 6.52. The molecule has 1 aromatic heterocycles. The first-order valence-corrected chi connectivity index (χ1v) is 8.89. The first-order chi connectivity index (χ1) is 14.5. The SMILES string of the molecule is Cc1cccc(C(=O)Nc2c(OC(F)(F)F)ccc(C(=O)NC3=NNNN3C)c2Cl)n1. The Hall–Kier alpha value is -3.58. The molecule has 1 aliphatic heterocycles. The molecule has 14 heteroatoms. The molecule has 1 aliphatic rings. The van der Waals surface area contributed by atoms with Crippen LogP contribution in [-0.4, -0.2) is 41.2 Å². The van der Waals surface area contributed by atoms with Crippen molar-refractivity contribution in [2.75, 3.05) is 12.4 Å². The van der Waals surface area contributed by atoms with Gasteiger partial charge in [0.15, 0.2) is 5.75 Å². The Morgan fingerprint density at radius 1 is 1.16 bits per heavy atom. The molecule has 0 unspecified atom stereocenters. The molecule has 31 heavy (non-hydrogen) atoms. The number of alkyl halides is 3. The van der Waals surface area contributed by atoms with Gasteiger partial charge in [0, 0.05) is 12.7 Å². The Morgan fingerprint density at radius 2 is 1.90 bits per heavy atom.